The number of carbonyl (C=O) groups is 2. The molecule has 6 heteroatoms. The third-order valence-electron chi connectivity index (χ3n) is 3.24. The summed E-state index contributed by atoms with van der Waals surface area (Å²) < 4.78 is 0. The molecule has 1 rings (SSSR count). The molecule has 0 radical (unpaired) electrons. The molecule has 0 saturated heterocycles. The molecule has 0 bridgehead atoms. The van der Waals surface area contributed by atoms with Crippen molar-refractivity contribution in [3.63, 3.8) is 0 Å². The Bertz CT molecular complexity index is 532. The summed E-state index contributed by atoms with van der Waals surface area (Å²) in [5.41, 5.74) is 1.27. The molecule has 1 unspecified atom stereocenters. The van der Waals surface area contributed by atoms with E-state index in [1.165, 1.54) is 4.90 Å². The lowest BCUT2D eigenvalue weighted by atomic mass is 10.1. The quantitative estimate of drug-likeness (QED) is 0.849. The van der Waals surface area contributed by atoms with E-state index in [1.54, 1.807) is 33.2 Å². The highest BCUT2D eigenvalue weighted by Gasteiger charge is 2.19. The first-order valence-electron chi connectivity index (χ1n) is 6.90. The summed E-state index contributed by atoms with van der Waals surface area (Å²) in [6, 6.07) is 3.30. The van der Waals surface area contributed by atoms with Crippen LogP contribution in [-0.4, -0.2) is 42.3 Å². The predicted molar refractivity (Wildman–Crippen MR) is 83.5 cm³/mol. The van der Waals surface area contributed by atoms with Gasteiger partial charge < -0.3 is 10.2 Å². The van der Waals surface area contributed by atoms with E-state index in [-0.39, 0.29) is 23.7 Å². The Hall–Kier alpha value is -1.62. The van der Waals surface area contributed by atoms with Gasteiger partial charge in [-0.3, -0.25) is 9.59 Å². The van der Waals surface area contributed by atoms with Crippen molar-refractivity contribution in [1.29, 1.82) is 0 Å². The zero-order chi connectivity index (χ0) is 16.2. The van der Waals surface area contributed by atoms with Crippen LogP contribution in [0.3, 0.4) is 0 Å². The third kappa shape index (κ3) is 4.70. The minimum Gasteiger partial charge on any atom is -0.359 e. The normalized spacial score (nSPS) is 12.1. The van der Waals surface area contributed by atoms with Gasteiger partial charge in [0.05, 0.1) is 5.92 Å². The molecule has 1 atom stereocenters. The van der Waals surface area contributed by atoms with E-state index in [1.807, 2.05) is 13.8 Å². The summed E-state index contributed by atoms with van der Waals surface area (Å²) in [5.74, 6) is -0.349. The summed E-state index contributed by atoms with van der Waals surface area (Å²) in [6.45, 7) is 6.10. The van der Waals surface area contributed by atoms with Crippen molar-refractivity contribution >= 4 is 23.4 Å². The average molecular weight is 312 g/mol. The molecule has 0 fully saturated rings. The Morgan fingerprint density at radius 2 is 1.95 bits per heavy atom. The largest absolute Gasteiger partial charge is 0.359 e. The van der Waals surface area contributed by atoms with E-state index in [9.17, 15) is 9.59 Å². The molecule has 1 aromatic rings. The molecule has 5 nitrogen and oxygen atoms in total. The van der Waals surface area contributed by atoms with Gasteiger partial charge in [-0.25, -0.2) is 4.98 Å². The summed E-state index contributed by atoms with van der Waals surface area (Å²) in [5, 5.41) is 2.88. The fourth-order valence-electron chi connectivity index (χ4n) is 1.98. The van der Waals surface area contributed by atoms with E-state index in [4.69, 9.17) is 11.6 Å². The Balaban J connectivity index is 2.90. The number of amides is 2. The van der Waals surface area contributed by atoms with Crippen LogP contribution in [0.4, 0.5) is 0 Å². The molecule has 0 saturated carbocycles. The van der Waals surface area contributed by atoms with Gasteiger partial charge in [0.1, 0.15) is 5.15 Å². The van der Waals surface area contributed by atoms with Crippen molar-refractivity contribution in [3.8, 4) is 0 Å². The van der Waals surface area contributed by atoms with Crippen LogP contribution in [0.2, 0.25) is 5.15 Å². The van der Waals surface area contributed by atoms with Crippen LogP contribution in [-0.2, 0) is 4.79 Å². The van der Waals surface area contributed by atoms with Crippen molar-refractivity contribution in [1.82, 2.24) is 15.2 Å². The number of rotatable bonds is 5. The first-order chi connectivity index (χ1) is 9.76. The van der Waals surface area contributed by atoms with Crippen molar-refractivity contribution in [2.75, 3.05) is 20.6 Å². The minimum atomic E-state index is -0.272. The zero-order valence-corrected chi connectivity index (χ0v) is 13.9. The van der Waals surface area contributed by atoms with Gasteiger partial charge in [-0.2, -0.15) is 0 Å². The number of carbonyl (C=O) groups excluding carboxylic acids is 2. The molecule has 116 valence electrons. The molecule has 2 amide bonds. The second-order valence-corrected chi connectivity index (χ2v) is 5.85. The third-order valence-corrected chi connectivity index (χ3v) is 3.43. The highest BCUT2D eigenvalue weighted by molar-refractivity contribution is 6.29. The molecule has 0 aromatic carbocycles. The van der Waals surface area contributed by atoms with E-state index >= 15 is 0 Å². The van der Waals surface area contributed by atoms with Crippen LogP contribution in [0.5, 0.6) is 0 Å². The molecule has 0 aliphatic rings. The van der Waals surface area contributed by atoms with Crippen molar-refractivity contribution in [3.05, 3.63) is 28.5 Å². The lowest BCUT2D eigenvalue weighted by Gasteiger charge is -2.21. The van der Waals surface area contributed by atoms with Crippen molar-refractivity contribution in [2.24, 2.45) is 5.92 Å². The van der Waals surface area contributed by atoms with Crippen LogP contribution in [0.1, 0.15) is 42.7 Å². The van der Waals surface area contributed by atoms with E-state index in [0.717, 1.165) is 5.69 Å². The molecular formula is C15H22ClN3O2. The number of nitrogens with one attached hydrogen (secondary N) is 1. The van der Waals surface area contributed by atoms with Gasteiger partial charge in [-0.1, -0.05) is 32.4 Å². The fraction of sp³-hybridized carbons (Fsp3) is 0.533. The predicted octanol–water partition coefficient (Wildman–Crippen LogP) is 2.31. The van der Waals surface area contributed by atoms with Gasteiger partial charge in [0.25, 0.3) is 5.91 Å². The molecule has 21 heavy (non-hydrogen) atoms. The van der Waals surface area contributed by atoms with Gasteiger partial charge >= 0.3 is 0 Å². The van der Waals surface area contributed by atoms with Gasteiger partial charge in [-0.05, 0) is 18.1 Å². The fourth-order valence-corrected chi connectivity index (χ4v) is 2.19. The number of nitrogens with zero attached hydrogens (tertiary/aromatic N) is 2. The zero-order valence-electron chi connectivity index (χ0n) is 13.1. The van der Waals surface area contributed by atoms with Crippen LogP contribution >= 0.6 is 11.6 Å². The first kappa shape index (κ1) is 17.4. The van der Waals surface area contributed by atoms with Crippen LogP contribution in [0, 0.1) is 5.92 Å². The second kappa shape index (κ2) is 7.41. The standard InChI is InChI=1S/C15H22ClN3O2/c1-9(2)12-6-11(7-13(16)18-12)15(21)19(5)8-10(3)14(20)17-4/h6-7,9-10H,8H2,1-5H3,(H,17,20). The number of hydrogen-bond donors (Lipinski definition) is 1. The van der Waals surface area contributed by atoms with Crippen LogP contribution < -0.4 is 5.32 Å². The number of pyridine rings is 1. The lowest BCUT2D eigenvalue weighted by Crippen LogP contribution is -2.37. The Morgan fingerprint density at radius 1 is 1.33 bits per heavy atom. The average Bonchev–Trinajstić information content (AvgIpc) is 2.44. The van der Waals surface area contributed by atoms with Gasteiger partial charge in [0, 0.05) is 31.9 Å². The van der Waals surface area contributed by atoms with E-state index < -0.39 is 0 Å². The molecule has 0 spiro atoms. The maximum absolute atomic E-state index is 12.4. The molecule has 0 aliphatic carbocycles. The maximum Gasteiger partial charge on any atom is 0.253 e. The van der Waals surface area contributed by atoms with Gasteiger partial charge in [-0.15, -0.1) is 0 Å². The van der Waals surface area contributed by atoms with Crippen LogP contribution in [0.15, 0.2) is 12.1 Å². The summed E-state index contributed by atoms with van der Waals surface area (Å²) in [6.07, 6.45) is 0. The molecular weight excluding hydrogens is 290 g/mol. The van der Waals surface area contributed by atoms with Gasteiger partial charge in [0.2, 0.25) is 5.91 Å². The second-order valence-electron chi connectivity index (χ2n) is 5.46. The number of aromatic nitrogens is 1. The van der Waals surface area contributed by atoms with Gasteiger partial charge in [0.15, 0.2) is 0 Å². The summed E-state index contributed by atoms with van der Waals surface area (Å²) in [7, 11) is 3.25. The molecule has 0 aliphatic heterocycles. The SMILES string of the molecule is CNC(=O)C(C)CN(C)C(=O)c1cc(Cl)nc(C(C)C)c1. The monoisotopic (exact) mass is 311 g/mol. The summed E-state index contributed by atoms with van der Waals surface area (Å²) >= 11 is 5.98. The Kier molecular flexibility index (Phi) is 6.15. The lowest BCUT2D eigenvalue weighted by molar-refractivity contribution is -0.124. The molecule has 1 heterocycles. The van der Waals surface area contributed by atoms with E-state index in [0.29, 0.717) is 17.3 Å². The summed E-state index contributed by atoms with van der Waals surface area (Å²) in [4.78, 5) is 29.7. The number of halogens is 1. The highest BCUT2D eigenvalue weighted by atomic mass is 35.5. The topological polar surface area (TPSA) is 62.3 Å². The smallest absolute Gasteiger partial charge is 0.253 e. The maximum atomic E-state index is 12.4. The molecule has 1 aromatic heterocycles. The van der Waals surface area contributed by atoms with Crippen LogP contribution in [0.25, 0.3) is 0 Å². The molecule has 1 N–H and O–H groups in total. The minimum absolute atomic E-state index is 0.0923. The Morgan fingerprint density at radius 3 is 2.48 bits per heavy atom. The van der Waals surface area contributed by atoms with Crippen molar-refractivity contribution in [2.45, 2.75) is 26.7 Å². The Labute approximate surface area is 130 Å². The van der Waals surface area contributed by atoms with Crippen molar-refractivity contribution < 1.29 is 9.59 Å². The van der Waals surface area contributed by atoms with E-state index in [2.05, 4.69) is 10.3 Å². The number of hydrogen-bond acceptors (Lipinski definition) is 3. The highest BCUT2D eigenvalue weighted by Crippen LogP contribution is 2.19. The first-order valence-corrected chi connectivity index (χ1v) is 7.28.